The van der Waals surface area contributed by atoms with E-state index in [-0.39, 0.29) is 0 Å². The average molecular weight is 258 g/mol. The number of rotatable bonds is 5. The number of nitrogens with zero attached hydrogens (tertiary/aromatic N) is 1. The molecule has 0 spiro atoms. The van der Waals surface area contributed by atoms with Crippen LogP contribution < -0.4 is 5.32 Å². The van der Waals surface area contributed by atoms with E-state index < -0.39 is 0 Å². The zero-order chi connectivity index (χ0) is 13.1. The Morgan fingerprint density at radius 1 is 1.37 bits per heavy atom. The molecule has 0 saturated carbocycles. The van der Waals surface area contributed by atoms with E-state index in [2.05, 4.69) is 40.3 Å². The van der Waals surface area contributed by atoms with Crippen LogP contribution in [-0.2, 0) is 17.7 Å². The number of hydrogen-bond acceptors (Lipinski definition) is 2. The van der Waals surface area contributed by atoms with Crippen molar-refractivity contribution in [2.24, 2.45) is 0 Å². The molecule has 19 heavy (non-hydrogen) atoms. The molecule has 2 heterocycles. The molecule has 1 atom stereocenters. The molecule has 0 radical (unpaired) electrons. The van der Waals surface area contributed by atoms with Crippen LogP contribution in [0.25, 0.3) is 10.9 Å². The van der Waals surface area contributed by atoms with Crippen LogP contribution in [0.4, 0.5) is 0 Å². The molecule has 1 aliphatic rings. The summed E-state index contributed by atoms with van der Waals surface area (Å²) in [6.07, 6.45) is 6.18. The zero-order valence-corrected chi connectivity index (χ0v) is 11.6. The molecule has 0 aliphatic carbocycles. The molecule has 0 bridgehead atoms. The third-order valence-electron chi connectivity index (χ3n) is 3.94. The van der Waals surface area contributed by atoms with Crippen molar-refractivity contribution in [3.8, 4) is 0 Å². The lowest BCUT2D eigenvalue weighted by Gasteiger charge is -2.11. The Bertz CT molecular complexity index is 541. The average Bonchev–Trinajstić information content (AvgIpc) is 3.06. The molecule has 3 rings (SSSR count). The molecule has 1 aliphatic heterocycles. The predicted molar refractivity (Wildman–Crippen MR) is 78.5 cm³/mol. The first-order chi connectivity index (χ1) is 9.38. The van der Waals surface area contributed by atoms with E-state index in [9.17, 15) is 0 Å². The summed E-state index contributed by atoms with van der Waals surface area (Å²) < 4.78 is 8.13. The van der Waals surface area contributed by atoms with Crippen LogP contribution in [0.2, 0.25) is 0 Å². The van der Waals surface area contributed by atoms with Crippen LogP contribution in [0.15, 0.2) is 30.5 Å². The van der Waals surface area contributed by atoms with E-state index in [1.807, 2.05) is 7.05 Å². The molecular formula is C16H22N2O. The molecule has 3 heteroatoms. The minimum Gasteiger partial charge on any atom is -0.376 e. The van der Waals surface area contributed by atoms with Crippen molar-refractivity contribution in [1.82, 2.24) is 9.88 Å². The van der Waals surface area contributed by atoms with Gasteiger partial charge in [0.1, 0.15) is 0 Å². The monoisotopic (exact) mass is 258 g/mol. The number of likely N-dealkylation sites (N-methyl/N-ethyl adjacent to an activating group) is 1. The maximum Gasteiger partial charge on any atom is 0.0754 e. The van der Waals surface area contributed by atoms with Gasteiger partial charge in [-0.25, -0.2) is 0 Å². The maximum absolute atomic E-state index is 5.76. The van der Waals surface area contributed by atoms with E-state index in [0.29, 0.717) is 6.10 Å². The number of fused-ring (bicyclic) bond motifs is 1. The highest BCUT2D eigenvalue weighted by Crippen LogP contribution is 2.24. The molecule has 2 aromatic rings. The van der Waals surface area contributed by atoms with E-state index >= 15 is 0 Å². The summed E-state index contributed by atoms with van der Waals surface area (Å²) in [6.45, 7) is 2.94. The molecule has 3 nitrogen and oxygen atoms in total. The van der Waals surface area contributed by atoms with Crippen molar-refractivity contribution in [3.63, 3.8) is 0 Å². The SMILES string of the molecule is CNCCc1cn(CC2CCCO2)c2ccccc12. The normalized spacial score (nSPS) is 19.3. The fourth-order valence-corrected chi connectivity index (χ4v) is 2.94. The molecule has 102 valence electrons. The Morgan fingerprint density at radius 2 is 2.26 bits per heavy atom. The van der Waals surface area contributed by atoms with Gasteiger partial charge >= 0.3 is 0 Å². The van der Waals surface area contributed by atoms with Gasteiger partial charge in [-0.3, -0.25) is 0 Å². The molecule has 1 unspecified atom stereocenters. The van der Waals surface area contributed by atoms with Gasteiger partial charge in [-0.05, 0) is 44.5 Å². The van der Waals surface area contributed by atoms with Crippen LogP contribution in [0.5, 0.6) is 0 Å². The Kier molecular flexibility index (Phi) is 3.85. The lowest BCUT2D eigenvalue weighted by Crippen LogP contribution is -2.14. The molecule has 0 amide bonds. The first-order valence-corrected chi connectivity index (χ1v) is 7.21. The quantitative estimate of drug-likeness (QED) is 0.892. The largest absolute Gasteiger partial charge is 0.376 e. The van der Waals surface area contributed by atoms with Gasteiger partial charge in [0.2, 0.25) is 0 Å². The smallest absolute Gasteiger partial charge is 0.0754 e. The van der Waals surface area contributed by atoms with Crippen molar-refractivity contribution in [1.29, 1.82) is 0 Å². The van der Waals surface area contributed by atoms with Crippen LogP contribution in [0, 0.1) is 0 Å². The standard InChI is InChI=1S/C16H22N2O/c1-17-9-8-13-11-18(12-14-5-4-10-19-14)16-7-3-2-6-15(13)16/h2-3,6-7,11,14,17H,4-5,8-10,12H2,1H3. The number of para-hydroxylation sites is 1. The van der Waals surface area contributed by atoms with Gasteiger partial charge in [-0.1, -0.05) is 18.2 Å². The van der Waals surface area contributed by atoms with E-state index in [1.165, 1.54) is 29.3 Å². The Hall–Kier alpha value is -1.32. The topological polar surface area (TPSA) is 26.2 Å². The second-order valence-corrected chi connectivity index (χ2v) is 5.31. The van der Waals surface area contributed by atoms with Crippen LogP contribution in [0.3, 0.4) is 0 Å². The summed E-state index contributed by atoms with van der Waals surface area (Å²) in [5.74, 6) is 0. The number of nitrogens with one attached hydrogen (secondary N) is 1. The summed E-state index contributed by atoms with van der Waals surface area (Å²) in [4.78, 5) is 0. The van der Waals surface area contributed by atoms with Gasteiger partial charge in [-0.2, -0.15) is 0 Å². The lowest BCUT2D eigenvalue weighted by atomic mass is 10.1. The molecule has 1 N–H and O–H groups in total. The zero-order valence-electron chi connectivity index (χ0n) is 11.6. The van der Waals surface area contributed by atoms with Gasteiger partial charge in [0.05, 0.1) is 6.10 Å². The molecule has 1 aromatic carbocycles. The highest BCUT2D eigenvalue weighted by Gasteiger charge is 2.17. The summed E-state index contributed by atoms with van der Waals surface area (Å²) in [5.41, 5.74) is 2.77. The fraction of sp³-hybridized carbons (Fsp3) is 0.500. The molecule has 1 aromatic heterocycles. The number of ether oxygens (including phenoxy) is 1. The highest BCUT2D eigenvalue weighted by molar-refractivity contribution is 5.84. The van der Waals surface area contributed by atoms with Crippen LogP contribution in [-0.4, -0.2) is 30.9 Å². The summed E-state index contributed by atoms with van der Waals surface area (Å²) in [7, 11) is 2.01. The number of benzene rings is 1. The lowest BCUT2D eigenvalue weighted by molar-refractivity contribution is 0.0980. The van der Waals surface area contributed by atoms with Crippen molar-refractivity contribution >= 4 is 10.9 Å². The summed E-state index contributed by atoms with van der Waals surface area (Å²) in [5, 5.41) is 4.61. The Morgan fingerprint density at radius 3 is 3.05 bits per heavy atom. The van der Waals surface area contributed by atoms with Gasteiger partial charge in [0.25, 0.3) is 0 Å². The van der Waals surface area contributed by atoms with Gasteiger partial charge in [0.15, 0.2) is 0 Å². The van der Waals surface area contributed by atoms with Gasteiger partial charge in [0, 0.05) is 30.3 Å². The molecular weight excluding hydrogens is 236 g/mol. The van der Waals surface area contributed by atoms with E-state index in [1.54, 1.807) is 0 Å². The second-order valence-electron chi connectivity index (χ2n) is 5.31. The molecule has 1 saturated heterocycles. The van der Waals surface area contributed by atoms with Crippen molar-refractivity contribution in [3.05, 3.63) is 36.0 Å². The van der Waals surface area contributed by atoms with Crippen molar-refractivity contribution < 1.29 is 4.74 Å². The number of hydrogen-bond donors (Lipinski definition) is 1. The second kappa shape index (κ2) is 5.76. The minimum atomic E-state index is 0.396. The first-order valence-electron chi connectivity index (χ1n) is 7.21. The fourth-order valence-electron chi connectivity index (χ4n) is 2.94. The first kappa shape index (κ1) is 12.7. The van der Waals surface area contributed by atoms with Gasteiger partial charge in [-0.15, -0.1) is 0 Å². The van der Waals surface area contributed by atoms with Crippen molar-refractivity contribution in [2.75, 3.05) is 20.2 Å². The highest BCUT2D eigenvalue weighted by atomic mass is 16.5. The summed E-state index contributed by atoms with van der Waals surface area (Å²) in [6, 6.07) is 8.69. The minimum absolute atomic E-state index is 0.396. The third-order valence-corrected chi connectivity index (χ3v) is 3.94. The Balaban J connectivity index is 1.89. The van der Waals surface area contributed by atoms with E-state index in [0.717, 1.165) is 26.1 Å². The maximum atomic E-state index is 5.76. The van der Waals surface area contributed by atoms with Crippen LogP contribution >= 0.6 is 0 Å². The van der Waals surface area contributed by atoms with Crippen molar-refractivity contribution in [2.45, 2.75) is 31.9 Å². The third kappa shape index (κ3) is 2.67. The summed E-state index contributed by atoms with van der Waals surface area (Å²) >= 11 is 0. The predicted octanol–water partition coefficient (Wildman–Crippen LogP) is 2.58. The molecule has 1 fully saturated rings. The van der Waals surface area contributed by atoms with Gasteiger partial charge < -0.3 is 14.6 Å². The Labute approximate surface area is 114 Å². The number of aromatic nitrogens is 1. The van der Waals surface area contributed by atoms with Crippen LogP contribution in [0.1, 0.15) is 18.4 Å². The van der Waals surface area contributed by atoms with E-state index in [4.69, 9.17) is 4.74 Å².